The molecule has 5 aliphatic carbocycles. The van der Waals surface area contributed by atoms with Crippen molar-refractivity contribution in [2.45, 2.75) is 154 Å². The Kier molecular flexibility index (Phi) is 6.19. The molecule has 3 heterocycles. The molecule has 250 valence electrons. The number of aliphatic hydroxyl groups excluding tert-OH is 4. The molecule has 8 aliphatic rings. The van der Waals surface area contributed by atoms with Gasteiger partial charge >= 0.3 is 0 Å². The van der Waals surface area contributed by atoms with Crippen LogP contribution in [0.4, 0.5) is 0 Å². The Morgan fingerprint density at radius 2 is 1.55 bits per heavy atom. The van der Waals surface area contributed by atoms with Crippen LogP contribution in [-0.2, 0) is 18.9 Å². The fourth-order valence-corrected chi connectivity index (χ4v) is 14.0. The number of ether oxygens (including phenoxy) is 4. The molecule has 5 saturated carbocycles. The summed E-state index contributed by atoms with van der Waals surface area (Å²) < 4.78 is 25.7. The van der Waals surface area contributed by atoms with E-state index in [1.807, 2.05) is 13.8 Å². The molecule has 44 heavy (non-hydrogen) atoms. The number of aliphatic hydroxyl groups is 5. The monoisotopic (exact) mass is 620 g/mol. The molecular formula is C35H56O9. The molecule has 8 rings (SSSR count). The van der Waals surface area contributed by atoms with Crippen LogP contribution in [0, 0.1) is 50.7 Å². The van der Waals surface area contributed by atoms with Gasteiger partial charge in [-0.3, -0.25) is 0 Å². The van der Waals surface area contributed by atoms with Crippen LogP contribution in [0.2, 0.25) is 0 Å². The molecule has 0 radical (unpaired) electrons. The highest BCUT2D eigenvalue weighted by Gasteiger charge is 2.88. The number of hydrogen-bond acceptors (Lipinski definition) is 9. The van der Waals surface area contributed by atoms with Gasteiger partial charge in [0.2, 0.25) is 0 Å². The van der Waals surface area contributed by atoms with Crippen molar-refractivity contribution >= 4 is 0 Å². The van der Waals surface area contributed by atoms with Crippen LogP contribution in [0.15, 0.2) is 0 Å². The predicted molar refractivity (Wildman–Crippen MR) is 159 cm³/mol. The number of rotatable bonds is 3. The van der Waals surface area contributed by atoms with E-state index in [0.717, 1.165) is 44.9 Å². The molecule has 5 N–H and O–H groups in total. The van der Waals surface area contributed by atoms with E-state index >= 15 is 0 Å². The third-order valence-electron chi connectivity index (χ3n) is 16.2. The summed E-state index contributed by atoms with van der Waals surface area (Å²) in [6.45, 7) is 15.6. The van der Waals surface area contributed by atoms with Crippen LogP contribution in [0.1, 0.15) is 99.8 Å². The second-order valence-electron chi connectivity index (χ2n) is 18.3. The topological polar surface area (TPSA) is 138 Å². The van der Waals surface area contributed by atoms with E-state index in [1.165, 1.54) is 6.42 Å². The minimum atomic E-state index is -1.28. The average Bonchev–Trinajstić information content (AvgIpc) is 3.45. The van der Waals surface area contributed by atoms with Gasteiger partial charge in [-0.15, -0.1) is 0 Å². The van der Waals surface area contributed by atoms with Gasteiger partial charge in [-0.1, -0.05) is 34.6 Å². The molecule has 8 fully saturated rings. The van der Waals surface area contributed by atoms with Crippen molar-refractivity contribution < 1.29 is 44.5 Å². The zero-order valence-corrected chi connectivity index (χ0v) is 27.7. The summed E-state index contributed by atoms with van der Waals surface area (Å²) in [7, 11) is 0. The largest absolute Gasteiger partial charge is 0.388 e. The van der Waals surface area contributed by atoms with Gasteiger partial charge in [0, 0.05) is 11.3 Å². The van der Waals surface area contributed by atoms with Gasteiger partial charge in [0.25, 0.3) is 0 Å². The van der Waals surface area contributed by atoms with Crippen molar-refractivity contribution in [3.05, 3.63) is 0 Å². The summed E-state index contributed by atoms with van der Waals surface area (Å²) in [6, 6.07) is 0. The molecule has 16 atom stereocenters. The lowest BCUT2D eigenvalue weighted by Crippen LogP contribution is -2.61. The Balaban J connectivity index is 1.10. The summed E-state index contributed by atoms with van der Waals surface area (Å²) in [5, 5.41) is 54.7. The molecule has 0 aromatic carbocycles. The zero-order chi connectivity index (χ0) is 31.7. The average molecular weight is 621 g/mol. The standard InChI is InChI=1S/C35H56O9/c1-18-14-34(29(4,5)40)17-42-35(44-34)25(18)30(6)12-13-33-16-32(33)11-10-22(43-26-24(38)23(37)19(36)15-41-26)28(2,3)20(32)8-9-21(33)31(30,7)27(35)39/h18-27,36-40H,8-17H2,1-7H3. The highest BCUT2D eigenvalue weighted by molar-refractivity contribution is 5.34. The van der Waals surface area contributed by atoms with Gasteiger partial charge in [0.05, 0.1) is 24.9 Å². The van der Waals surface area contributed by atoms with Gasteiger partial charge in [0.15, 0.2) is 12.1 Å². The maximum Gasteiger partial charge on any atom is 0.199 e. The van der Waals surface area contributed by atoms with Crippen molar-refractivity contribution in [1.29, 1.82) is 0 Å². The lowest BCUT2D eigenvalue weighted by atomic mass is 9.41. The zero-order valence-electron chi connectivity index (χ0n) is 27.7. The summed E-state index contributed by atoms with van der Waals surface area (Å²) in [5.74, 6) is 0.0178. The van der Waals surface area contributed by atoms with E-state index in [9.17, 15) is 25.5 Å². The van der Waals surface area contributed by atoms with Crippen molar-refractivity contribution in [3.8, 4) is 0 Å². The molecule has 3 spiro atoms. The lowest BCUT2D eigenvalue weighted by Gasteiger charge is -2.63. The van der Waals surface area contributed by atoms with Gasteiger partial charge < -0.3 is 44.5 Å². The van der Waals surface area contributed by atoms with Gasteiger partial charge in [-0.25, -0.2) is 0 Å². The van der Waals surface area contributed by atoms with E-state index in [0.29, 0.717) is 18.4 Å². The van der Waals surface area contributed by atoms with Crippen molar-refractivity contribution in [2.24, 2.45) is 50.7 Å². The second-order valence-corrected chi connectivity index (χ2v) is 18.3. The molecule has 0 aromatic rings. The van der Waals surface area contributed by atoms with E-state index in [2.05, 4.69) is 34.6 Å². The van der Waals surface area contributed by atoms with Crippen LogP contribution in [-0.4, -0.2) is 92.5 Å². The minimum Gasteiger partial charge on any atom is -0.388 e. The molecule has 16 unspecified atom stereocenters. The predicted octanol–water partition coefficient (Wildman–Crippen LogP) is 3.12. The second kappa shape index (κ2) is 8.80. The van der Waals surface area contributed by atoms with Crippen molar-refractivity contribution in [1.82, 2.24) is 0 Å². The van der Waals surface area contributed by atoms with E-state index < -0.39 is 47.7 Å². The summed E-state index contributed by atoms with van der Waals surface area (Å²) in [6.07, 6.45) is 2.54. The lowest BCUT2D eigenvalue weighted by molar-refractivity contribution is -0.311. The number of hydrogen-bond donors (Lipinski definition) is 5. The molecular weight excluding hydrogens is 564 g/mol. The fourth-order valence-electron chi connectivity index (χ4n) is 14.0. The molecule has 3 aliphatic heterocycles. The first-order valence-electron chi connectivity index (χ1n) is 17.4. The maximum atomic E-state index is 12.6. The Morgan fingerprint density at radius 3 is 2.25 bits per heavy atom. The van der Waals surface area contributed by atoms with Gasteiger partial charge in [-0.2, -0.15) is 0 Å². The maximum absolute atomic E-state index is 12.6. The Labute approximate surface area is 262 Å². The van der Waals surface area contributed by atoms with Gasteiger partial charge in [0.1, 0.15) is 30.0 Å². The smallest absolute Gasteiger partial charge is 0.199 e. The number of fused-ring (bicyclic) bond motifs is 4. The summed E-state index contributed by atoms with van der Waals surface area (Å²) in [5.41, 5.74) is -2.24. The fraction of sp³-hybridized carbons (Fsp3) is 1.00. The van der Waals surface area contributed by atoms with Crippen LogP contribution in [0.3, 0.4) is 0 Å². The molecule has 9 heteroatoms. The third-order valence-corrected chi connectivity index (χ3v) is 16.2. The first kappa shape index (κ1) is 30.9. The highest BCUT2D eigenvalue weighted by Crippen LogP contribution is 2.90. The minimum absolute atomic E-state index is 0.0562. The van der Waals surface area contributed by atoms with Crippen molar-refractivity contribution in [2.75, 3.05) is 13.2 Å². The van der Waals surface area contributed by atoms with Crippen LogP contribution < -0.4 is 0 Å². The summed E-state index contributed by atoms with van der Waals surface area (Å²) in [4.78, 5) is 0. The molecule has 2 bridgehead atoms. The molecule has 0 aromatic heterocycles. The Morgan fingerprint density at radius 1 is 0.864 bits per heavy atom. The summed E-state index contributed by atoms with van der Waals surface area (Å²) >= 11 is 0. The third kappa shape index (κ3) is 3.24. The first-order valence-corrected chi connectivity index (χ1v) is 17.4. The van der Waals surface area contributed by atoms with Gasteiger partial charge in [-0.05, 0) is 105 Å². The van der Waals surface area contributed by atoms with Crippen molar-refractivity contribution in [3.63, 3.8) is 0 Å². The Hall–Kier alpha value is -0.360. The SMILES string of the molecule is CC1CC2(C(C)(C)O)COC3(O2)C1C1(C)CCC24CC25CCC(OC2OCC(O)C(O)C2O)C(C)(C)C5CCC4C1(C)C3O. The first-order chi connectivity index (χ1) is 20.4. The molecule has 0 amide bonds. The van der Waals surface area contributed by atoms with E-state index in [4.69, 9.17) is 18.9 Å². The normalized spacial score (nSPS) is 62.2. The quantitative estimate of drug-likeness (QED) is 0.301. The Bertz CT molecular complexity index is 1220. The molecule has 3 saturated heterocycles. The highest BCUT2D eigenvalue weighted by atomic mass is 16.8. The van der Waals surface area contributed by atoms with Crippen LogP contribution in [0.25, 0.3) is 0 Å². The van der Waals surface area contributed by atoms with Crippen LogP contribution in [0.5, 0.6) is 0 Å². The van der Waals surface area contributed by atoms with E-state index in [-0.39, 0.29) is 51.6 Å². The molecule has 9 nitrogen and oxygen atoms in total. The van der Waals surface area contributed by atoms with Crippen LogP contribution >= 0.6 is 0 Å². The van der Waals surface area contributed by atoms with E-state index in [1.54, 1.807) is 0 Å².